The second kappa shape index (κ2) is 12.0. The molecule has 1 N–H and O–H groups in total. The quantitative estimate of drug-likeness (QED) is 0.378. The minimum absolute atomic E-state index is 0.391. The van der Waals surface area contributed by atoms with Crippen LogP contribution in [0.2, 0.25) is 0 Å². The number of aliphatic imine (C=N–C) groups is 1. The van der Waals surface area contributed by atoms with Gasteiger partial charge in [-0.05, 0) is 44.5 Å². The number of nitrogens with one attached hydrogen (secondary N) is 1. The Balaban J connectivity index is 1.43. The normalized spacial score (nSPS) is 23.6. The Morgan fingerprint density at radius 1 is 1.21 bits per heavy atom. The van der Waals surface area contributed by atoms with E-state index in [0.717, 1.165) is 29.9 Å². The number of allylic oxidation sites excluding steroid dienone is 2. The second-order valence-corrected chi connectivity index (χ2v) is 10.4. The van der Waals surface area contributed by atoms with E-state index in [1.807, 2.05) is 56.0 Å². The zero-order valence-electron chi connectivity index (χ0n) is 23.6. The van der Waals surface area contributed by atoms with Crippen molar-refractivity contribution in [2.75, 3.05) is 28.3 Å². The molecule has 2 aromatic rings. The molecule has 0 amide bonds. The summed E-state index contributed by atoms with van der Waals surface area (Å²) in [6.45, 7) is 6.93. The minimum atomic E-state index is -0.508. The maximum Gasteiger partial charge on any atom is 0.212 e. The number of methoxy groups -OCH3 is 1. The summed E-state index contributed by atoms with van der Waals surface area (Å²) in [7, 11) is 9.98. The van der Waals surface area contributed by atoms with Gasteiger partial charge in [0.2, 0.25) is 5.88 Å². The molecular weight excluding hydrogens is 476 g/mol. The van der Waals surface area contributed by atoms with Crippen LogP contribution in [0.3, 0.4) is 0 Å². The molecule has 1 fully saturated rings. The summed E-state index contributed by atoms with van der Waals surface area (Å²) in [5, 5.41) is 6.28. The van der Waals surface area contributed by atoms with Crippen molar-refractivity contribution in [3.05, 3.63) is 72.9 Å². The summed E-state index contributed by atoms with van der Waals surface area (Å²) < 4.78 is 7.00. The number of aryl methyl sites for hydroxylation is 1. The highest BCUT2D eigenvalue weighted by Gasteiger charge is 2.36. The first kappa shape index (κ1) is 27.6. The lowest BCUT2D eigenvalue weighted by molar-refractivity contribution is 0.106. The predicted molar refractivity (Wildman–Crippen MR) is 153 cm³/mol. The molecule has 0 saturated heterocycles. The Labute approximate surface area is 227 Å². The molecule has 2 aliphatic rings. The van der Waals surface area contributed by atoms with Gasteiger partial charge < -0.3 is 15.1 Å². The SMILES string of the molecule is C=C/C(=C\NN(C)C1(C)C=CC(N(C)C2CCCCC2N(C)Cc2ccc(OC)nc2)=N1)c1cnn(C)c1. The standard InChI is InChI=1S/C29H42N8O/c1-8-23(24-19-31-35(4)21-24)18-32-37(6)29(2)16-15-27(33-29)36(5)26-12-10-9-11-25(26)34(3)20-22-13-14-28(38-7)30-17-22/h8,13-19,21,25-26,32H,1,9-12,20H2,2-7H3/b23-18+. The molecule has 0 spiro atoms. The lowest BCUT2D eigenvalue weighted by Gasteiger charge is -2.43. The minimum Gasteiger partial charge on any atom is -0.481 e. The molecule has 204 valence electrons. The molecule has 38 heavy (non-hydrogen) atoms. The number of nitrogens with zero attached hydrogens (tertiary/aromatic N) is 7. The Hall–Kier alpha value is -3.43. The maximum absolute atomic E-state index is 5.21. The third kappa shape index (κ3) is 6.16. The van der Waals surface area contributed by atoms with Crippen molar-refractivity contribution < 1.29 is 4.74 Å². The number of amidine groups is 1. The van der Waals surface area contributed by atoms with Crippen molar-refractivity contribution in [3.63, 3.8) is 0 Å². The second-order valence-electron chi connectivity index (χ2n) is 10.4. The van der Waals surface area contributed by atoms with Gasteiger partial charge >= 0.3 is 0 Å². The zero-order valence-corrected chi connectivity index (χ0v) is 23.6. The molecule has 1 saturated carbocycles. The highest BCUT2D eigenvalue weighted by atomic mass is 16.5. The van der Waals surface area contributed by atoms with Crippen molar-refractivity contribution in [1.82, 2.24) is 35.0 Å². The van der Waals surface area contributed by atoms with Crippen LogP contribution < -0.4 is 10.2 Å². The van der Waals surface area contributed by atoms with E-state index in [-0.39, 0.29) is 0 Å². The lowest BCUT2D eigenvalue weighted by Crippen LogP contribution is -2.52. The monoisotopic (exact) mass is 518 g/mol. The van der Waals surface area contributed by atoms with E-state index < -0.39 is 5.66 Å². The summed E-state index contributed by atoms with van der Waals surface area (Å²) in [5.74, 6) is 1.66. The first-order valence-corrected chi connectivity index (χ1v) is 13.3. The largest absolute Gasteiger partial charge is 0.481 e. The fourth-order valence-corrected chi connectivity index (χ4v) is 5.31. The van der Waals surface area contributed by atoms with Crippen molar-refractivity contribution in [2.45, 2.75) is 56.9 Å². The van der Waals surface area contributed by atoms with Crippen LogP contribution >= 0.6 is 0 Å². The lowest BCUT2D eigenvalue weighted by atomic mass is 9.88. The topological polar surface area (TPSA) is 74.1 Å². The summed E-state index contributed by atoms with van der Waals surface area (Å²) in [4.78, 5) is 14.4. The van der Waals surface area contributed by atoms with E-state index in [4.69, 9.17) is 9.73 Å². The van der Waals surface area contributed by atoms with Crippen molar-refractivity contribution in [2.24, 2.45) is 12.0 Å². The van der Waals surface area contributed by atoms with Crippen LogP contribution in [0.15, 0.2) is 66.7 Å². The highest BCUT2D eigenvalue weighted by molar-refractivity contribution is 5.95. The predicted octanol–water partition coefficient (Wildman–Crippen LogP) is 3.85. The Morgan fingerprint density at radius 2 is 1.97 bits per heavy atom. The van der Waals surface area contributed by atoms with E-state index in [0.29, 0.717) is 18.0 Å². The summed E-state index contributed by atoms with van der Waals surface area (Å²) >= 11 is 0. The Morgan fingerprint density at radius 3 is 2.61 bits per heavy atom. The average Bonchev–Trinajstić information content (AvgIpc) is 3.55. The first-order valence-electron chi connectivity index (χ1n) is 13.3. The van der Waals surface area contributed by atoms with Gasteiger partial charge in [0.25, 0.3) is 0 Å². The summed E-state index contributed by atoms with van der Waals surface area (Å²) in [6, 6.07) is 4.86. The summed E-state index contributed by atoms with van der Waals surface area (Å²) in [5.41, 5.74) is 6.05. The van der Waals surface area contributed by atoms with Crippen LogP contribution in [0.5, 0.6) is 5.88 Å². The van der Waals surface area contributed by atoms with Gasteiger partial charge in [-0.3, -0.25) is 9.58 Å². The highest BCUT2D eigenvalue weighted by Crippen LogP contribution is 2.30. The van der Waals surface area contributed by atoms with Crippen molar-refractivity contribution >= 4 is 11.4 Å². The number of rotatable bonds is 10. The van der Waals surface area contributed by atoms with Gasteiger partial charge in [0.05, 0.1) is 13.3 Å². The van der Waals surface area contributed by atoms with Crippen molar-refractivity contribution in [3.8, 4) is 5.88 Å². The molecule has 0 radical (unpaired) electrons. The molecule has 3 atom stereocenters. The van der Waals surface area contributed by atoms with Gasteiger partial charge in [0.1, 0.15) is 11.5 Å². The number of ether oxygens (including phenoxy) is 1. The zero-order chi connectivity index (χ0) is 27.3. The fourth-order valence-electron chi connectivity index (χ4n) is 5.31. The van der Waals surface area contributed by atoms with E-state index in [9.17, 15) is 0 Å². The van der Waals surface area contributed by atoms with Gasteiger partial charge in [-0.15, -0.1) is 0 Å². The van der Waals surface area contributed by atoms with E-state index in [2.05, 4.69) is 71.1 Å². The van der Waals surface area contributed by atoms with Gasteiger partial charge in [-0.25, -0.2) is 9.98 Å². The van der Waals surface area contributed by atoms with Crippen LogP contribution in [0.1, 0.15) is 43.7 Å². The van der Waals surface area contributed by atoms with Crippen molar-refractivity contribution in [1.29, 1.82) is 0 Å². The number of hydrogen-bond donors (Lipinski definition) is 1. The third-order valence-corrected chi connectivity index (χ3v) is 7.80. The molecule has 2 aromatic heterocycles. The van der Waals surface area contributed by atoms with E-state index in [1.165, 1.54) is 24.8 Å². The van der Waals surface area contributed by atoms with Crippen LogP contribution in [-0.4, -0.2) is 81.4 Å². The number of hydrazine groups is 1. The van der Waals surface area contributed by atoms with Gasteiger partial charge in [-0.1, -0.05) is 31.6 Å². The van der Waals surface area contributed by atoms with Crippen LogP contribution in [0.25, 0.3) is 5.57 Å². The van der Waals surface area contributed by atoms with Gasteiger partial charge in [-0.2, -0.15) is 10.1 Å². The number of pyridine rings is 1. The smallest absolute Gasteiger partial charge is 0.212 e. The maximum atomic E-state index is 5.21. The number of hydrogen-bond acceptors (Lipinski definition) is 8. The molecule has 4 rings (SSSR count). The molecule has 3 heterocycles. The molecular formula is C29H42N8O. The molecule has 0 bridgehead atoms. The summed E-state index contributed by atoms with van der Waals surface area (Å²) in [6.07, 6.45) is 18.6. The fraction of sp³-hybridized carbons (Fsp3) is 0.483. The molecule has 9 heteroatoms. The van der Waals surface area contributed by atoms with E-state index in [1.54, 1.807) is 11.8 Å². The number of likely N-dealkylation sites (N-methyl/N-ethyl adjacent to an activating group) is 3. The van der Waals surface area contributed by atoms with Gasteiger partial charge in [0, 0.05) is 75.6 Å². The molecule has 1 aliphatic heterocycles. The third-order valence-electron chi connectivity index (χ3n) is 7.80. The van der Waals surface area contributed by atoms with Gasteiger partial charge in [0.15, 0.2) is 0 Å². The first-order chi connectivity index (χ1) is 18.2. The number of aromatic nitrogens is 3. The Kier molecular flexibility index (Phi) is 8.69. The molecule has 0 aromatic carbocycles. The van der Waals surface area contributed by atoms with Crippen LogP contribution in [0.4, 0.5) is 0 Å². The Bertz CT molecular complexity index is 1180. The average molecular weight is 519 g/mol. The van der Waals surface area contributed by atoms with Crippen LogP contribution in [0, 0.1) is 0 Å². The molecule has 3 unspecified atom stereocenters. The van der Waals surface area contributed by atoms with E-state index >= 15 is 0 Å². The van der Waals surface area contributed by atoms with Crippen LogP contribution in [-0.2, 0) is 13.6 Å². The molecule has 1 aliphatic carbocycles. The molecule has 9 nitrogen and oxygen atoms in total.